The van der Waals surface area contributed by atoms with Crippen LogP contribution in [0, 0.1) is 5.82 Å². The molecule has 0 bridgehead atoms. The summed E-state index contributed by atoms with van der Waals surface area (Å²) >= 11 is 0. The Morgan fingerprint density at radius 2 is 2.21 bits per heavy atom. The predicted molar refractivity (Wildman–Crippen MR) is 103 cm³/mol. The SMILES string of the molecule is COc1cc(F)cc(NC2CCN(c3ccc4c(n3)OCc3[nH]ncc3-4)C2=O)c1. The van der Waals surface area contributed by atoms with E-state index in [9.17, 15) is 9.18 Å². The van der Waals surface area contributed by atoms with E-state index in [4.69, 9.17) is 9.47 Å². The number of benzene rings is 1. The van der Waals surface area contributed by atoms with E-state index in [0.717, 1.165) is 16.8 Å². The quantitative estimate of drug-likeness (QED) is 0.706. The third-order valence-corrected chi connectivity index (χ3v) is 5.14. The average molecular weight is 395 g/mol. The molecule has 1 amide bonds. The van der Waals surface area contributed by atoms with Crippen molar-refractivity contribution in [2.75, 3.05) is 23.9 Å². The molecule has 2 N–H and O–H groups in total. The maximum atomic E-state index is 13.7. The molecule has 3 aromatic rings. The molecular formula is C20H18FN5O3. The van der Waals surface area contributed by atoms with Crippen LogP contribution in [0.1, 0.15) is 12.1 Å². The number of hydrogen-bond donors (Lipinski definition) is 2. The van der Waals surface area contributed by atoms with Crippen LogP contribution < -0.4 is 19.7 Å². The topological polar surface area (TPSA) is 92.4 Å². The molecule has 2 aromatic heterocycles. The summed E-state index contributed by atoms with van der Waals surface area (Å²) in [6.45, 7) is 0.865. The molecule has 1 unspecified atom stereocenters. The van der Waals surface area contributed by atoms with Crippen LogP contribution in [-0.2, 0) is 11.4 Å². The number of carbonyl (C=O) groups excluding carboxylic acids is 1. The highest BCUT2D eigenvalue weighted by Gasteiger charge is 2.34. The molecule has 2 aliphatic heterocycles. The normalized spacial score (nSPS) is 17.5. The number of nitrogens with zero attached hydrogens (tertiary/aromatic N) is 3. The van der Waals surface area contributed by atoms with Crippen LogP contribution in [0.25, 0.3) is 11.1 Å². The van der Waals surface area contributed by atoms with Gasteiger partial charge in [-0.3, -0.25) is 14.8 Å². The van der Waals surface area contributed by atoms with Gasteiger partial charge < -0.3 is 14.8 Å². The number of pyridine rings is 1. The van der Waals surface area contributed by atoms with Crippen LogP contribution >= 0.6 is 0 Å². The first-order valence-electron chi connectivity index (χ1n) is 9.21. The summed E-state index contributed by atoms with van der Waals surface area (Å²) in [7, 11) is 1.47. The second-order valence-electron chi connectivity index (χ2n) is 6.93. The molecule has 0 saturated carbocycles. The molecule has 2 aliphatic rings. The zero-order chi connectivity index (χ0) is 20.0. The summed E-state index contributed by atoms with van der Waals surface area (Å²) in [5.74, 6) is 0.848. The molecule has 1 fully saturated rings. The molecule has 29 heavy (non-hydrogen) atoms. The van der Waals surface area contributed by atoms with Crippen LogP contribution in [0.15, 0.2) is 36.5 Å². The van der Waals surface area contributed by atoms with E-state index in [0.29, 0.717) is 42.7 Å². The monoisotopic (exact) mass is 395 g/mol. The first-order valence-corrected chi connectivity index (χ1v) is 9.21. The number of H-pyrrole nitrogens is 1. The van der Waals surface area contributed by atoms with Crippen LogP contribution in [0.2, 0.25) is 0 Å². The lowest BCUT2D eigenvalue weighted by atomic mass is 10.1. The van der Waals surface area contributed by atoms with Gasteiger partial charge in [-0.2, -0.15) is 10.1 Å². The number of halogens is 1. The van der Waals surface area contributed by atoms with Crippen molar-refractivity contribution >= 4 is 17.4 Å². The van der Waals surface area contributed by atoms with Gasteiger partial charge in [0.15, 0.2) is 0 Å². The highest BCUT2D eigenvalue weighted by atomic mass is 19.1. The first kappa shape index (κ1) is 17.5. The molecule has 5 rings (SSSR count). The number of aromatic nitrogens is 3. The van der Waals surface area contributed by atoms with Crippen molar-refractivity contribution in [2.45, 2.75) is 19.1 Å². The molecule has 1 atom stereocenters. The summed E-state index contributed by atoms with van der Waals surface area (Å²) in [6.07, 6.45) is 2.31. The Morgan fingerprint density at radius 3 is 3.07 bits per heavy atom. The molecule has 4 heterocycles. The molecule has 8 nitrogen and oxygen atoms in total. The van der Waals surface area contributed by atoms with Gasteiger partial charge >= 0.3 is 0 Å². The number of fused-ring (bicyclic) bond motifs is 3. The Bertz CT molecular complexity index is 1100. The van der Waals surface area contributed by atoms with Gasteiger partial charge in [-0.1, -0.05) is 0 Å². The number of nitrogens with one attached hydrogen (secondary N) is 2. The molecule has 0 aliphatic carbocycles. The van der Waals surface area contributed by atoms with Crippen molar-refractivity contribution in [3.8, 4) is 22.8 Å². The summed E-state index contributed by atoms with van der Waals surface area (Å²) in [6, 6.07) is 7.50. The summed E-state index contributed by atoms with van der Waals surface area (Å²) in [5, 5.41) is 10.0. The Hall–Kier alpha value is -3.62. The van der Waals surface area contributed by atoms with Crippen LogP contribution in [0.4, 0.5) is 15.9 Å². The van der Waals surface area contributed by atoms with Crippen molar-refractivity contribution in [3.05, 3.63) is 48.0 Å². The fraction of sp³-hybridized carbons (Fsp3) is 0.250. The van der Waals surface area contributed by atoms with Crippen molar-refractivity contribution in [1.29, 1.82) is 0 Å². The first-order chi connectivity index (χ1) is 14.1. The van der Waals surface area contributed by atoms with E-state index in [-0.39, 0.29) is 5.91 Å². The lowest BCUT2D eigenvalue weighted by Crippen LogP contribution is -2.34. The van der Waals surface area contributed by atoms with E-state index in [1.165, 1.54) is 19.2 Å². The molecule has 9 heteroatoms. The van der Waals surface area contributed by atoms with Gasteiger partial charge in [-0.05, 0) is 24.6 Å². The van der Waals surface area contributed by atoms with E-state index < -0.39 is 11.9 Å². The number of ether oxygens (including phenoxy) is 2. The van der Waals surface area contributed by atoms with Gasteiger partial charge in [-0.25, -0.2) is 4.39 Å². The van der Waals surface area contributed by atoms with Gasteiger partial charge in [0.25, 0.3) is 5.91 Å². The van der Waals surface area contributed by atoms with Gasteiger partial charge in [0.2, 0.25) is 5.88 Å². The summed E-state index contributed by atoms with van der Waals surface area (Å²) in [5.41, 5.74) is 3.20. The lowest BCUT2D eigenvalue weighted by Gasteiger charge is -2.21. The smallest absolute Gasteiger partial charge is 0.250 e. The van der Waals surface area contributed by atoms with Crippen molar-refractivity contribution < 1.29 is 18.7 Å². The number of carbonyl (C=O) groups is 1. The van der Waals surface area contributed by atoms with Crippen LogP contribution in [0.3, 0.4) is 0 Å². The van der Waals surface area contributed by atoms with Gasteiger partial charge in [0, 0.05) is 35.5 Å². The second-order valence-corrected chi connectivity index (χ2v) is 6.93. The Kier molecular flexibility index (Phi) is 4.08. The van der Waals surface area contributed by atoms with Gasteiger partial charge in [0.1, 0.15) is 30.0 Å². The Morgan fingerprint density at radius 1 is 1.31 bits per heavy atom. The maximum absolute atomic E-state index is 13.7. The Balaban J connectivity index is 1.36. The standard InChI is InChI=1S/C20H18FN5O3/c1-28-13-7-11(21)6-12(8-13)23-16-4-5-26(20(16)27)18-3-2-14-15-9-22-25-17(15)10-29-19(14)24-18/h2-3,6-9,16,23H,4-5,10H2,1H3,(H,22,25). The maximum Gasteiger partial charge on any atom is 0.250 e. The average Bonchev–Trinajstić information content (AvgIpc) is 3.34. The number of amides is 1. The van der Waals surface area contributed by atoms with Crippen LogP contribution in [0.5, 0.6) is 11.6 Å². The highest BCUT2D eigenvalue weighted by Crippen LogP contribution is 2.37. The number of anilines is 2. The van der Waals surface area contributed by atoms with E-state index in [2.05, 4.69) is 20.5 Å². The molecule has 0 radical (unpaired) electrons. The zero-order valence-electron chi connectivity index (χ0n) is 15.6. The molecule has 1 saturated heterocycles. The number of methoxy groups -OCH3 is 1. The van der Waals surface area contributed by atoms with Crippen molar-refractivity contribution in [2.24, 2.45) is 0 Å². The minimum Gasteiger partial charge on any atom is -0.497 e. The van der Waals surface area contributed by atoms with E-state index in [1.54, 1.807) is 23.2 Å². The molecule has 1 aromatic carbocycles. The number of rotatable bonds is 4. The minimum atomic E-state index is -0.472. The molecular weight excluding hydrogens is 377 g/mol. The predicted octanol–water partition coefficient (Wildman–Crippen LogP) is 2.73. The van der Waals surface area contributed by atoms with E-state index >= 15 is 0 Å². The third kappa shape index (κ3) is 3.04. The molecule has 148 valence electrons. The van der Waals surface area contributed by atoms with Gasteiger partial charge in [0.05, 0.1) is 19.0 Å². The summed E-state index contributed by atoms with van der Waals surface area (Å²) < 4.78 is 24.5. The van der Waals surface area contributed by atoms with Crippen molar-refractivity contribution in [3.63, 3.8) is 0 Å². The summed E-state index contributed by atoms with van der Waals surface area (Å²) in [4.78, 5) is 19.1. The molecule has 0 spiro atoms. The van der Waals surface area contributed by atoms with E-state index in [1.807, 2.05) is 6.07 Å². The van der Waals surface area contributed by atoms with Crippen molar-refractivity contribution in [1.82, 2.24) is 15.2 Å². The second kappa shape index (κ2) is 6.77. The fourth-order valence-electron chi connectivity index (χ4n) is 3.70. The lowest BCUT2D eigenvalue weighted by molar-refractivity contribution is -0.117. The van der Waals surface area contributed by atoms with Gasteiger partial charge in [-0.15, -0.1) is 0 Å². The minimum absolute atomic E-state index is 0.125. The van der Waals surface area contributed by atoms with Crippen LogP contribution in [-0.4, -0.2) is 40.8 Å². The highest BCUT2D eigenvalue weighted by molar-refractivity contribution is 6.00. The fourth-order valence-corrected chi connectivity index (χ4v) is 3.70. The Labute approximate surface area is 165 Å². The number of aromatic amines is 1. The largest absolute Gasteiger partial charge is 0.497 e. The third-order valence-electron chi connectivity index (χ3n) is 5.14. The zero-order valence-corrected chi connectivity index (χ0v) is 15.6. The number of hydrogen-bond acceptors (Lipinski definition) is 6.